The Kier molecular flexibility index (Phi) is 6.05. The Bertz CT molecular complexity index is 826. The molecule has 2 aromatic heterocycles. The van der Waals surface area contributed by atoms with Crippen molar-refractivity contribution in [3.8, 4) is 11.4 Å². The van der Waals surface area contributed by atoms with Gasteiger partial charge >= 0.3 is 0 Å². The molecule has 28 heavy (non-hydrogen) atoms. The zero-order valence-corrected chi connectivity index (χ0v) is 16.8. The van der Waals surface area contributed by atoms with Gasteiger partial charge in [0.2, 0.25) is 0 Å². The van der Waals surface area contributed by atoms with Crippen molar-refractivity contribution < 1.29 is 0 Å². The number of hydrogen-bond acceptors (Lipinski definition) is 5. The van der Waals surface area contributed by atoms with E-state index in [1.165, 1.54) is 51.5 Å². The fourth-order valence-electron chi connectivity index (χ4n) is 4.56. The van der Waals surface area contributed by atoms with Crippen LogP contribution in [0.1, 0.15) is 57.6 Å². The molecule has 0 radical (unpaired) electrons. The first kappa shape index (κ1) is 19.1. The van der Waals surface area contributed by atoms with Crippen LogP contribution in [0.25, 0.3) is 11.4 Å². The van der Waals surface area contributed by atoms with E-state index in [-0.39, 0.29) is 5.56 Å². The van der Waals surface area contributed by atoms with Gasteiger partial charge in [0, 0.05) is 42.1 Å². The molecular weight excluding hydrogens is 350 g/mol. The summed E-state index contributed by atoms with van der Waals surface area (Å²) in [6.07, 6.45) is 11.9. The summed E-state index contributed by atoms with van der Waals surface area (Å²) in [6.45, 7) is 4.35. The number of pyridine rings is 1. The molecule has 150 valence electrons. The first-order chi connectivity index (χ1) is 13.7. The van der Waals surface area contributed by atoms with Gasteiger partial charge in [-0.15, -0.1) is 0 Å². The Morgan fingerprint density at radius 3 is 2.79 bits per heavy atom. The van der Waals surface area contributed by atoms with Crippen molar-refractivity contribution in [1.82, 2.24) is 19.9 Å². The van der Waals surface area contributed by atoms with E-state index in [4.69, 9.17) is 0 Å². The molecule has 2 fully saturated rings. The van der Waals surface area contributed by atoms with E-state index in [2.05, 4.69) is 25.2 Å². The lowest BCUT2D eigenvalue weighted by molar-refractivity contribution is 0.124. The number of H-pyrrole nitrogens is 1. The van der Waals surface area contributed by atoms with Gasteiger partial charge < -0.3 is 10.3 Å². The first-order valence-electron chi connectivity index (χ1n) is 10.8. The van der Waals surface area contributed by atoms with Gasteiger partial charge in [0.15, 0.2) is 0 Å². The molecular formula is C22H31N5O. The Hall–Kier alpha value is -2.21. The van der Waals surface area contributed by atoms with E-state index in [0.29, 0.717) is 11.9 Å². The highest BCUT2D eigenvalue weighted by Crippen LogP contribution is 2.26. The van der Waals surface area contributed by atoms with Crippen LogP contribution in [0.2, 0.25) is 0 Å². The number of aryl methyl sites for hydroxylation is 1. The van der Waals surface area contributed by atoms with Gasteiger partial charge in [-0.05, 0) is 50.8 Å². The summed E-state index contributed by atoms with van der Waals surface area (Å²) in [5, 5.41) is 3.62. The highest BCUT2D eigenvalue weighted by Gasteiger charge is 2.27. The Balaban J connectivity index is 1.40. The molecule has 1 aliphatic carbocycles. The second kappa shape index (κ2) is 8.86. The lowest BCUT2D eigenvalue weighted by Crippen LogP contribution is -2.47. The van der Waals surface area contributed by atoms with Crippen molar-refractivity contribution >= 4 is 5.82 Å². The largest absolute Gasteiger partial charge is 0.366 e. The number of likely N-dealkylation sites (tertiary alicyclic amines) is 1. The van der Waals surface area contributed by atoms with E-state index in [0.717, 1.165) is 36.1 Å². The predicted molar refractivity (Wildman–Crippen MR) is 113 cm³/mol. The van der Waals surface area contributed by atoms with Crippen LogP contribution >= 0.6 is 0 Å². The normalized spacial score (nSPS) is 21.5. The molecule has 1 saturated carbocycles. The fourth-order valence-corrected chi connectivity index (χ4v) is 4.56. The number of nitrogens with zero attached hydrogens (tertiary/aromatic N) is 3. The van der Waals surface area contributed by atoms with Crippen LogP contribution in [-0.4, -0.2) is 45.0 Å². The average molecular weight is 382 g/mol. The van der Waals surface area contributed by atoms with E-state index < -0.39 is 0 Å². The molecule has 3 heterocycles. The number of aromatic amines is 1. The second-order valence-electron chi connectivity index (χ2n) is 8.14. The fraction of sp³-hybridized carbons (Fsp3) is 0.591. The van der Waals surface area contributed by atoms with Crippen LogP contribution in [0.4, 0.5) is 5.82 Å². The van der Waals surface area contributed by atoms with Gasteiger partial charge in [-0.3, -0.25) is 9.69 Å². The van der Waals surface area contributed by atoms with E-state index in [1.54, 1.807) is 12.3 Å². The van der Waals surface area contributed by atoms with Crippen LogP contribution in [-0.2, 0) is 6.42 Å². The zero-order chi connectivity index (χ0) is 19.3. The topological polar surface area (TPSA) is 73.9 Å². The minimum Gasteiger partial charge on any atom is -0.366 e. The van der Waals surface area contributed by atoms with E-state index >= 15 is 0 Å². The van der Waals surface area contributed by atoms with Gasteiger partial charge in [-0.2, -0.15) is 0 Å². The van der Waals surface area contributed by atoms with E-state index in [1.807, 2.05) is 19.1 Å². The summed E-state index contributed by atoms with van der Waals surface area (Å²) in [5.74, 6) is 1.48. The molecule has 2 aromatic rings. The molecule has 0 bridgehead atoms. The number of aromatic nitrogens is 3. The molecule has 1 saturated heterocycles. The van der Waals surface area contributed by atoms with Gasteiger partial charge in [0.1, 0.15) is 11.6 Å². The summed E-state index contributed by atoms with van der Waals surface area (Å²) in [6, 6.07) is 6.76. The van der Waals surface area contributed by atoms with E-state index in [9.17, 15) is 4.79 Å². The molecule has 1 unspecified atom stereocenters. The Morgan fingerprint density at radius 1 is 1.18 bits per heavy atom. The average Bonchev–Trinajstić information content (AvgIpc) is 2.74. The summed E-state index contributed by atoms with van der Waals surface area (Å²) >= 11 is 0. The highest BCUT2D eigenvalue weighted by molar-refractivity contribution is 5.56. The lowest BCUT2D eigenvalue weighted by Gasteiger charge is -2.40. The maximum absolute atomic E-state index is 11.8. The maximum atomic E-state index is 11.8. The lowest BCUT2D eigenvalue weighted by atomic mass is 9.92. The zero-order valence-electron chi connectivity index (χ0n) is 16.8. The molecule has 2 N–H and O–H groups in total. The van der Waals surface area contributed by atoms with Crippen LogP contribution in [0.5, 0.6) is 0 Å². The molecule has 0 spiro atoms. The quantitative estimate of drug-likeness (QED) is 0.828. The minimum atomic E-state index is -0.117. The molecule has 2 aliphatic rings. The van der Waals surface area contributed by atoms with Gasteiger partial charge in [0.25, 0.3) is 5.56 Å². The Morgan fingerprint density at radius 2 is 2.04 bits per heavy atom. The summed E-state index contributed by atoms with van der Waals surface area (Å²) in [5.41, 5.74) is 1.52. The van der Waals surface area contributed by atoms with Crippen molar-refractivity contribution in [3.63, 3.8) is 0 Å². The summed E-state index contributed by atoms with van der Waals surface area (Å²) < 4.78 is 0. The summed E-state index contributed by atoms with van der Waals surface area (Å²) in [7, 11) is 0. The third-order valence-corrected chi connectivity index (χ3v) is 6.09. The van der Waals surface area contributed by atoms with Crippen molar-refractivity contribution in [2.45, 2.75) is 70.4 Å². The minimum absolute atomic E-state index is 0.117. The van der Waals surface area contributed by atoms with Crippen molar-refractivity contribution in [2.24, 2.45) is 0 Å². The van der Waals surface area contributed by atoms with Crippen LogP contribution in [0.15, 0.2) is 29.2 Å². The smallest absolute Gasteiger partial charge is 0.251 e. The number of hydrogen-bond donors (Lipinski definition) is 2. The van der Waals surface area contributed by atoms with Crippen molar-refractivity contribution in [2.75, 3.05) is 18.4 Å². The second-order valence-corrected chi connectivity index (χ2v) is 8.14. The van der Waals surface area contributed by atoms with Gasteiger partial charge in [-0.25, -0.2) is 9.97 Å². The predicted octanol–water partition coefficient (Wildman–Crippen LogP) is 3.60. The number of piperidine rings is 1. The highest BCUT2D eigenvalue weighted by atomic mass is 16.1. The number of nitrogens with one attached hydrogen (secondary N) is 2. The van der Waals surface area contributed by atoms with Crippen LogP contribution in [0, 0.1) is 0 Å². The molecule has 0 aromatic carbocycles. The third kappa shape index (κ3) is 4.61. The van der Waals surface area contributed by atoms with Crippen molar-refractivity contribution in [3.05, 3.63) is 40.4 Å². The molecule has 0 amide bonds. The summed E-state index contributed by atoms with van der Waals surface area (Å²) in [4.78, 5) is 26.4. The van der Waals surface area contributed by atoms with Crippen molar-refractivity contribution in [1.29, 1.82) is 0 Å². The molecule has 6 heteroatoms. The maximum Gasteiger partial charge on any atom is 0.251 e. The SMILES string of the molecule is CCc1cc(=O)[nH]c(-c2ccc(NC3CCCN(C4CCCCC4)C3)nc2)n1. The van der Waals surface area contributed by atoms with Crippen LogP contribution in [0.3, 0.4) is 0 Å². The Labute approximate surface area is 166 Å². The van der Waals surface area contributed by atoms with Gasteiger partial charge in [0.05, 0.1) is 0 Å². The van der Waals surface area contributed by atoms with Crippen LogP contribution < -0.4 is 10.9 Å². The standard InChI is InChI=1S/C22H31N5O/c1-2-17-13-21(28)26-22(25-17)16-10-11-20(23-14-16)24-18-7-6-12-27(15-18)19-8-4-3-5-9-19/h10-11,13-14,18-19H,2-9,12,15H2,1H3,(H,23,24)(H,25,26,28). The first-order valence-corrected chi connectivity index (χ1v) is 10.8. The molecule has 1 aliphatic heterocycles. The number of anilines is 1. The third-order valence-electron chi connectivity index (χ3n) is 6.09. The molecule has 4 rings (SSSR count). The molecule has 6 nitrogen and oxygen atoms in total. The number of rotatable bonds is 5. The molecule has 1 atom stereocenters. The monoisotopic (exact) mass is 381 g/mol. The van der Waals surface area contributed by atoms with Gasteiger partial charge in [-0.1, -0.05) is 26.2 Å².